The fraction of sp³-hybridized carbons (Fsp3) is 0.333. The average molecular weight is 234 g/mol. The number of carbonyl (C=O) groups is 2. The normalized spacial score (nSPS) is 19.3. The van der Waals surface area contributed by atoms with E-state index in [9.17, 15) is 9.59 Å². The molecule has 1 amide bonds. The Kier molecular flexibility index (Phi) is 3.10. The van der Waals surface area contributed by atoms with Gasteiger partial charge in [0.05, 0.1) is 6.04 Å². The molecule has 1 heterocycles. The van der Waals surface area contributed by atoms with Crippen molar-refractivity contribution < 1.29 is 14.3 Å². The third-order valence-electron chi connectivity index (χ3n) is 2.76. The number of nitrogens with two attached hydrogens (primary N) is 1. The van der Waals surface area contributed by atoms with E-state index in [1.807, 2.05) is 0 Å². The fourth-order valence-corrected chi connectivity index (χ4v) is 1.83. The largest absolute Gasteiger partial charge is 0.447 e. The molecule has 2 N–H and O–H groups in total. The molecule has 1 aromatic carbocycles. The van der Waals surface area contributed by atoms with Gasteiger partial charge in [-0.15, -0.1) is 0 Å². The van der Waals surface area contributed by atoms with E-state index in [2.05, 4.69) is 0 Å². The third kappa shape index (κ3) is 2.14. The Labute approximate surface area is 99.2 Å². The molecule has 5 nitrogen and oxygen atoms in total. The molecule has 5 heteroatoms. The van der Waals surface area contributed by atoms with Crippen molar-refractivity contribution >= 4 is 17.6 Å². The van der Waals surface area contributed by atoms with Gasteiger partial charge in [-0.05, 0) is 19.1 Å². The lowest BCUT2D eigenvalue weighted by atomic mass is 10.1. The number of anilines is 1. The maximum atomic E-state index is 11.6. The Hall–Kier alpha value is -1.88. The van der Waals surface area contributed by atoms with Crippen LogP contribution in [0.2, 0.25) is 0 Å². The molecule has 1 aliphatic rings. The molecular formula is C12H14N2O3. The van der Waals surface area contributed by atoms with E-state index in [-0.39, 0.29) is 11.8 Å². The van der Waals surface area contributed by atoms with Crippen LogP contribution in [0.25, 0.3) is 0 Å². The van der Waals surface area contributed by atoms with Crippen molar-refractivity contribution in [2.45, 2.75) is 13.0 Å². The zero-order valence-corrected chi connectivity index (χ0v) is 9.55. The maximum absolute atomic E-state index is 11.6. The standard InChI is InChI=1S/C12H14N2O3/c1-8(15)9-3-2-4-10(5-9)14-11(6-13)7-17-12(14)16/h2-5,11H,6-7,13H2,1H3. The van der Waals surface area contributed by atoms with Crippen LogP contribution in [0.4, 0.5) is 10.5 Å². The second-order valence-electron chi connectivity index (χ2n) is 3.94. The van der Waals surface area contributed by atoms with E-state index < -0.39 is 6.09 Å². The zero-order chi connectivity index (χ0) is 12.4. The van der Waals surface area contributed by atoms with Crippen LogP contribution in [0.5, 0.6) is 0 Å². The topological polar surface area (TPSA) is 72.6 Å². The summed E-state index contributed by atoms with van der Waals surface area (Å²) in [6.45, 7) is 2.11. The van der Waals surface area contributed by atoms with Gasteiger partial charge in [0.25, 0.3) is 0 Å². The lowest BCUT2D eigenvalue weighted by molar-refractivity contribution is 0.101. The summed E-state index contributed by atoms with van der Waals surface area (Å²) in [7, 11) is 0. The molecule has 2 rings (SSSR count). The van der Waals surface area contributed by atoms with Crippen LogP contribution in [-0.4, -0.2) is 31.1 Å². The second kappa shape index (κ2) is 4.55. The van der Waals surface area contributed by atoms with Crippen LogP contribution in [0, 0.1) is 0 Å². The predicted octanol–water partition coefficient (Wildman–Crippen LogP) is 1.17. The lowest BCUT2D eigenvalue weighted by Crippen LogP contribution is -2.38. The van der Waals surface area contributed by atoms with Gasteiger partial charge >= 0.3 is 6.09 Å². The SMILES string of the molecule is CC(=O)c1cccc(N2C(=O)OCC2CN)c1. The van der Waals surface area contributed by atoms with Crippen molar-refractivity contribution in [3.05, 3.63) is 29.8 Å². The predicted molar refractivity (Wildman–Crippen MR) is 63.1 cm³/mol. The van der Waals surface area contributed by atoms with E-state index >= 15 is 0 Å². The van der Waals surface area contributed by atoms with Gasteiger partial charge in [-0.25, -0.2) is 4.79 Å². The smallest absolute Gasteiger partial charge is 0.414 e. The molecule has 1 fully saturated rings. The number of cyclic esters (lactones) is 1. The maximum Gasteiger partial charge on any atom is 0.414 e. The molecule has 17 heavy (non-hydrogen) atoms. The highest BCUT2D eigenvalue weighted by atomic mass is 16.6. The van der Waals surface area contributed by atoms with Crippen LogP contribution < -0.4 is 10.6 Å². The number of rotatable bonds is 3. The summed E-state index contributed by atoms with van der Waals surface area (Å²) in [6.07, 6.45) is -0.416. The number of hydrogen-bond acceptors (Lipinski definition) is 4. The highest BCUT2D eigenvalue weighted by Gasteiger charge is 2.33. The van der Waals surface area contributed by atoms with Crippen molar-refractivity contribution in [3.63, 3.8) is 0 Å². The minimum atomic E-state index is -0.416. The monoisotopic (exact) mass is 234 g/mol. The molecule has 1 atom stereocenters. The van der Waals surface area contributed by atoms with Crippen LogP contribution in [-0.2, 0) is 4.74 Å². The van der Waals surface area contributed by atoms with E-state index in [1.54, 1.807) is 24.3 Å². The Morgan fingerprint density at radius 1 is 1.59 bits per heavy atom. The first-order valence-electron chi connectivity index (χ1n) is 5.40. The lowest BCUT2D eigenvalue weighted by Gasteiger charge is -2.20. The minimum absolute atomic E-state index is 0.0382. The summed E-state index contributed by atoms with van der Waals surface area (Å²) >= 11 is 0. The summed E-state index contributed by atoms with van der Waals surface area (Å²) in [5.41, 5.74) is 6.80. The molecule has 0 bridgehead atoms. The molecule has 90 valence electrons. The van der Waals surface area contributed by atoms with Crippen LogP contribution in [0.1, 0.15) is 17.3 Å². The Morgan fingerprint density at radius 3 is 3.00 bits per heavy atom. The molecule has 1 saturated heterocycles. The molecule has 0 saturated carbocycles. The zero-order valence-electron chi connectivity index (χ0n) is 9.55. The second-order valence-corrected chi connectivity index (χ2v) is 3.94. The summed E-state index contributed by atoms with van der Waals surface area (Å²) in [6, 6.07) is 6.74. The summed E-state index contributed by atoms with van der Waals surface area (Å²) < 4.78 is 4.95. The van der Waals surface area contributed by atoms with Gasteiger partial charge in [-0.1, -0.05) is 12.1 Å². The van der Waals surface area contributed by atoms with Crippen LogP contribution >= 0.6 is 0 Å². The summed E-state index contributed by atoms with van der Waals surface area (Å²) in [5, 5.41) is 0. The number of benzene rings is 1. The third-order valence-corrected chi connectivity index (χ3v) is 2.76. The molecule has 0 aromatic heterocycles. The van der Waals surface area contributed by atoms with E-state index in [1.165, 1.54) is 11.8 Å². The minimum Gasteiger partial charge on any atom is -0.447 e. The molecule has 0 aliphatic carbocycles. The van der Waals surface area contributed by atoms with Crippen molar-refractivity contribution in [3.8, 4) is 0 Å². The molecule has 1 aromatic rings. The van der Waals surface area contributed by atoms with Gasteiger partial charge in [0, 0.05) is 17.8 Å². The first kappa shape index (κ1) is 11.6. The highest BCUT2D eigenvalue weighted by Crippen LogP contribution is 2.23. The van der Waals surface area contributed by atoms with E-state index in [0.717, 1.165) is 0 Å². The fourth-order valence-electron chi connectivity index (χ4n) is 1.83. The van der Waals surface area contributed by atoms with Crippen molar-refractivity contribution in [1.29, 1.82) is 0 Å². The number of ketones is 1. The van der Waals surface area contributed by atoms with Gasteiger partial charge in [-0.3, -0.25) is 9.69 Å². The highest BCUT2D eigenvalue weighted by molar-refractivity contribution is 5.97. The number of nitrogens with zero attached hydrogens (tertiary/aromatic N) is 1. The Bertz CT molecular complexity index is 459. The number of amides is 1. The number of hydrogen-bond donors (Lipinski definition) is 1. The van der Waals surface area contributed by atoms with Crippen LogP contribution in [0.15, 0.2) is 24.3 Å². The van der Waals surface area contributed by atoms with Gasteiger partial charge in [0.1, 0.15) is 6.61 Å². The van der Waals surface area contributed by atoms with Crippen molar-refractivity contribution in [2.75, 3.05) is 18.1 Å². The van der Waals surface area contributed by atoms with E-state index in [4.69, 9.17) is 10.5 Å². The molecule has 1 aliphatic heterocycles. The van der Waals surface area contributed by atoms with Crippen molar-refractivity contribution in [2.24, 2.45) is 5.73 Å². The molecule has 1 unspecified atom stereocenters. The van der Waals surface area contributed by atoms with Gasteiger partial charge in [-0.2, -0.15) is 0 Å². The number of ether oxygens (including phenoxy) is 1. The van der Waals surface area contributed by atoms with Gasteiger partial charge in [0.2, 0.25) is 0 Å². The summed E-state index contributed by atoms with van der Waals surface area (Å²) in [5.74, 6) is -0.0382. The van der Waals surface area contributed by atoms with Gasteiger partial charge < -0.3 is 10.5 Å². The number of carbonyl (C=O) groups excluding carboxylic acids is 2. The first-order valence-corrected chi connectivity index (χ1v) is 5.40. The molecular weight excluding hydrogens is 220 g/mol. The Balaban J connectivity index is 2.35. The molecule has 0 spiro atoms. The summed E-state index contributed by atoms with van der Waals surface area (Å²) in [4.78, 5) is 24.4. The van der Waals surface area contributed by atoms with E-state index in [0.29, 0.717) is 24.4 Å². The number of Topliss-reactive ketones (excluding diaryl/α,β-unsaturated/α-hetero) is 1. The van der Waals surface area contributed by atoms with Crippen LogP contribution in [0.3, 0.4) is 0 Å². The van der Waals surface area contributed by atoms with Gasteiger partial charge in [0.15, 0.2) is 5.78 Å². The van der Waals surface area contributed by atoms with Crippen molar-refractivity contribution in [1.82, 2.24) is 0 Å². The first-order chi connectivity index (χ1) is 8.13. The molecule has 0 radical (unpaired) electrons. The quantitative estimate of drug-likeness (QED) is 0.797. The average Bonchev–Trinajstić information content (AvgIpc) is 2.70. The Morgan fingerprint density at radius 2 is 2.35 bits per heavy atom.